The van der Waals surface area contributed by atoms with Gasteiger partial charge >= 0.3 is 0 Å². The first-order valence-corrected chi connectivity index (χ1v) is 14.3. The third-order valence-electron chi connectivity index (χ3n) is 2.18. The van der Waals surface area contributed by atoms with E-state index >= 15 is 0 Å². The molecule has 0 N–H and O–H groups in total. The van der Waals surface area contributed by atoms with E-state index in [0.29, 0.717) is 0 Å². The molecule has 0 aliphatic heterocycles. The molecule has 0 aliphatic carbocycles. The van der Waals surface area contributed by atoms with E-state index in [4.69, 9.17) is 4.43 Å². The van der Waals surface area contributed by atoms with Gasteiger partial charge in [-0.3, -0.25) is 0 Å². The SMILES string of the molecule is CCO[Si](C)(C)CC(C)CS[Si](C)(C)C. The van der Waals surface area contributed by atoms with Gasteiger partial charge in [0.1, 0.15) is 7.22 Å². The molecule has 0 bridgehead atoms. The Hall–Kier alpha value is 0.744. The van der Waals surface area contributed by atoms with E-state index in [1.807, 2.05) is 0 Å². The van der Waals surface area contributed by atoms with E-state index in [9.17, 15) is 0 Å². The maximum absolute atomic E-state index is 5.87. The van der Waals surface area contributed by atoms with Crippen LogP contribution in [0, 0.1) is 5.92 Å². The van der Waals surface area contributed by atoms with Gasteiger partial charge in [-0.25, -0.2) is 0 Å². The average molecular weight is 265 g/mol. The molecular weight excluding hydrogens is 236 g/mol. The van der Waals surface area contributed by atoms with E-state index in [1.165, 1.54) is 11.8 Å². The molecule has 1 nitrogen and oxygen atoms in total. The van der Waals surface area contributed by atoms with Crippen LogP contribution in [0.3, 0.4) is 0 Å². The Balaban J connectivity index is 3.87. The van der Waals surface area contributed by atoms with Crippen molar-refractivity contribution in [3.63, 3.8) is 0 Å². The van der Waals surface area contributed by atoms with Crippen LogP contribution >= 0.6 is 11.2 Å². The Labute approximate surface area is 102 Å². The molecule has 0 fully saturated rings. The topological polar surface area (TPSA) is 9.23 Å². The van der Waals surface area contributed by atoms with Gasteiger partial charge in [0.15, 0.2) is 8.32 Å². The highest BCUT2D eigenvalue weighted by atomic mass is 32.4. The van der Waals surface area contributed by atoms with Gasteiger partial charge in [-0.1, -0.05) is 26.6 Å². The van der Waals surface area contributed by atoms with Gasteiger partial charge in [-0.2, -0.15) is 11.2 Å². The van der Waals surface area contributed by atoms with Crippen LogP contribution in [-0.4, -0.2) is 27.9 Å². The van der Waals surface area contributed by atoms with Crippen molar-refractivity contribution in [1.29, 1.82) is 0 Å². The molecule has 92 valence electrons. The standard InChI is InChI=1S/C11H28OSSi2/c1-8-12-15(6,7)10-11(2)9-13-14(3,4)5/h11H,8-10H2,1-7H3. The summed E-state index contributed by atoms with van der Waals surface area (Å²) >= 11 is 2.21. The van der Waals surface area contributed by atoms with E-state index in [0.717, 1.165) is 12.5 Å². The highest BCUT2D eigenvalue weighted by Crippen LogP contribution is 2.26. The highest BCUT2D eigenvalue weighted by molar-refractivity contribution is 8.28. The van der Waals surface area contributed by atoms with E-state index in [2.05, 4.69) is 57.8 Å². The van der Waals surface area contributed by atoms with Crippen molar-refractivity contribution in [3.05, 3.63) is 0 Å². The van der Waals surface area contributed by atoms with Crippen LogP contribution in [0.5, 0.6) is 0 Å². The lowest BCUT2D eigenvalue weighted by Gasteiger charge is -2.27. The molecule has 1 unspecified atom stereocenters. The average Bonchev–Trinajstić information content (AvgIpc) is 1.98. The summed E-state index contributed by atoms with van der Waals surface area (Å²) in [4.78, 5) is 0. The van der Waals surface area contributed by atoms with Gasteiger partial charge in [0.2, 0.25) is 0 Å². The Kier molecular flexibility index (Phi) is 6.79. The van der Waals surface area contributed by atoms with Crippen molar-refractivity contribution in [3.8, 4) is 0 Å². The van der Waals surface area contributed by atoms with Crippen molar-refractivity contribution in [2.24, 2.45) is 5.92 Å². The molecule has 0 aromatic carbocycles. The molecule has 0 saturated carbocycles. The molecule has 15 heavy (non-hydrogen) atoms. The lowest BCUT2D eigenvalue weighted by molar-refractivity contribution is 0.325. The zero-order valence-corrected chi connectivity index (χ0v) is 14.3. The zero-order chi connectivity index (χ0) is 12.1. The van der Waals surface area contributed by atoms with Gasteiger partial charge < -0.3 is 4.43 Å². The summed E-state index contributed by atoms with van der Waals surface area (Å²) < 4.78 is 5.87. The van der Waals surface area contributed by atoms with E-state index in [1.54, 1.807) is 0 Å². The van der Waals surface area contributed by atoms with Gasteiger partial charge in [0.25, 0.3) is 0 Å². The highest BCUT2D eigenvalue weighted by Gasteiger charge is 2.25. The third kappa shape index (κ3) is 9.66. The number of hydrogen-bond acceptors (Lipinski definition) is 2. The summed E-state index contributed by atoms with van der Waals surface area (Å²) in [5, 5.41) is 0. The van der Waals surface area contributed by atoms with Crippen LogP contribution < -0.4 is 0 Å². The number of rotatable bonds is 7. The van der Waals surface area contributed by atoms with Crippen LogP contribution in [0.15, 0.2) is 0 Å². The Morgan fingerprint density at radius 3 is 2.07 bits per heavy atom. The number of hydrogen-bond donors (Lipinski definition) is 0. The summed E-state index contributed by atoms with van der Waals surface area (Å²) in [6.45, 7) is 17.3. The zero-order valence-electron chi connectivity index (χ0n) is 11.5. The van der Waals surface area contributed by atoms with Crippen molar-refractivity contribution in [2.75, 3.05) is 12.4 Å². The van der Waals surface area contributed by atoms with Crippen LogP contribution in [0.1, 0.15) is 13.8 Å². The first-order chi connectivity index (χ1) is 6.66. The lowest BCUT2D eigenvalue weighted by Crippen LogP contribution is -2.33. The molecule has 0 aliphatic rings. The fraction of sp³-hybridized carbons (Fsp3) is 1.00. The Morgan fingerprint density at radius 1 is 1.13 bits per heavy atom. The molecule has 0 rings (SSSR count). The van der Waals surface area contributed by atoms with Crippen molar-refractivity contribution in [2.45, 2.75) is 52.6 Å². The Bertz CT molecular complexity index is 178. The van der Waals surface area contributed by atoms with E-state index in [-0.39, 0.29) is 0 Å². The maximum Gasteiger partial charge on any atom is 0.186 e. The maximum atomic E-state index is 5.87. The first-order valence-electron chi connectivity index (χ1n) is 5.94. The fourth-order valence-electron chi connectivity index (χ4n) is 1.74. The molecule has 0 aromatic rings. The van der Waals surface area contributed by atoms with Crippen LogP contribution in [0.2, 0.25) is 38.8 Å². The minimum Gasteiger partial charge on any atom is -0.418 e. The predicted molar refractivity (Wildman–Crippen MR) is 78.9 cm³/mol. The Morgan fingerprint density at radius 2 is 1.67 bits per heavy atom. The quantitative estimate of drug-likeness (QED) is 0.629. The van der Waals surface area contributed by atoms with Crippen LogP contribution in [-0.2, 0) is 4.43 Å². The summed E-state index contributed by atoms with van der Waals surface area (Å²) in [7, 11) is -2.28. The minimum atomic E-state index is -1.36. The lowest BCUT2D eigenvalue weighted by atomic mass is 10.3. The molecule has 0 aromatic heterocycles. The summed E-state index contributed by atoms with van der Waals surface area (Å²) in [5.41, 5.74) is 0. The van der Waals surface area contributed by atoms with Gasteiger partial charge in [-0.05, 0) is 37.7 Å². The molecule has 1 atom stereocenters. The summed E-state index contributed by atoms with van der Waals surface area (Å²) in [6.07, 6.45) is 0. The van der Waals surface area contributed by atoms with Gasteiger partial charge in [-0.15, -0.1) is 0 Å². The smallest absolute Gasteiger partial charge is 0.186 e. The van der Waals surface area contributed by atoms with Crippen molar-refractivity contribution in [1.82, 2.24) is 0 Å². The van der Waals surface area contributed by atoms with Crippen molar-refractivity contribution < 1.29 is 4.43 Å². The minimum absolute atomic E-state index is 0.815. The van der Waals surface area contributed by atoms with E-state index < -0.39 is 15.5 Å². The van der Waals surface area contributed by atoms with Crippen molar-refractivity contribution >= 4 is 26.8 Å². The first kappa shape index (κ1) is 15.7. The normalized spacial score (nSPS) is 15.4. The molecule has 0 radical (unpaired) electrons. The predicted octanol–water partition coefficient (Wildman–Crippen LogP) is 4.43. The largest absolute Gasteiger partial charge is 0.418 e. The molecule has 0 spiro atoms. The third-order valence-corrected chi connectivity index (χ3v) is 9.63. The molecule has 0 amide bonds. The van der Waals surface area contributed by atoms with Crippen LogP contribution in [0.4, 0.5) is 0 Å². The fourth-order valence-corrected chi connectivity index (χ4v) is 7.93. The molecular formula is C11H28OSSi2. The second-order valence-electron chi connectivity index (χ2n) is 5.93. The van der Waals surface area contributed by atoms with Crippen LogP contribution in [0.25, 0.3) is 0 Å². The monoisotopic (exact) mass is 264 g/mol. The van der Waals surface area contributed by atoms with Gasteiger partial charge in [0, 0.05) is 6.61 Å². The second-order valence-corrected chi connectivity index (χ2v) is 19.5. The molecule has 4 heteroatoms. The summed E-state index contributed by atoms with van der Waals surface area (Å²) in [5.74, 6) is 2.13. The van der Waals surface area contributed by atoms with Gasteiger partial charge in [0.05, 0.1) is 0 Å². The molecule has 0 saturated heterocycles. The second kappa shape index (κ2) is 6.47. The molecule has 0 heterocycles. The summed E-state index contributed by atoms with van der Waals surface area (Å²) in [6, 6.07) is 1.30.